The van der Waals surface area contributed by atoms with Gasteiger partial charge in [-0.05, 0) is 11.6 Å². The molecule has 0 saturated carbocycles. The Morgan fingerprint density at radius 3 is 2.39 bits per heavy atom. The van der Waals surface area contributed by atoms with Crippen molar-refractivity contribution in [1.29, 1.82) is 0 Å². The lowest BCUT2D eigenvalue weighted by molar-refractivity contribution is -0.120. The summed E-state index contributed by atoms with van der Waals surface area (Å²) in [7, 11) is 0. The SMILES string of the molecule is CC.O=C1Nc2ccccc2C1(c1ccccc1)n1ccnc1. The first-order valence-corrected chi connectivity index (χ1v) is 7.78. The molecule has 4 nitrogen and oxygen atoms in total. The van der Waals surface area contributed by atoms with Crippen molar-refractivity contribution in [3.8, 4) is 0 Å². The summed E-state index contributed by atoms with van der Waals surface area (Å²) in [6.45, 7) is 4.00. The van der Waals surface area contributed by atoms with E-state index in [0.29, 0.717) is 0 Å². The Morgan fingerprint density at radius 2 is 1.70 bits per heavy atom. The molecule has 23 heavy (non-hydrogen) atoms. The van der Waals surface area contributed by atoms with Crippen LogP contribution in [0.2, 0.25) is 0 Å². The standard InChI is InChI=1S/C17H13N3O.C2H6/c21-16-17(20-11-10-18-12-20,13-6-2-1-3-7-13)14-8-4-5-9-15(14)19-16;1-2/h1-12H,(H,19,21);1-2H3. The molecule has 3 aromatic rings. The predicted molar refractivity (Wildman–Crippen MR) is 91.3 cm³/mol. The number of anilines is 1. The van der Waals surface area contributed by atoms with Crippen LogP contribution in [0.15, 0.2) is 73.3 Å². The highest BCUT2D eigenvalue weighted by molar-refractivity contribution is 6.08. The Morgan fingerprint density at radius 1 is 1.00 bits per heavy atom. The van der Waals surface area contributed by atoms with Crippen LogP contribution < -0.4 is 5.32 Å². The minimum Gasteiger partial charge on any atom is -0.323 e. The zero-order chi connectivity index (χ0) is 16.3. The fourth-order valence-corrected chi connectivity index (χ4v) is 3.07. The molecule has 4 rings (SSSR count). The van der Waals surface area contributed by atoms with Crippen LogP contribution in [0.25, 0.3) is 0 Å². The van der Waals surface area contributed by atoms with Gasteiger partial charge in [-0.2, -0.15) is 0 Å². The number of benzene rings is 2. The number of rotatable bonds is 2. The minimum atomic E-state index is -0.894. The molecule has 1 N–H and O–H groups in total. The van der Waals surface area contributed by atoms with E-state index in [1.54, 1.807) is 12.5 Å². The molecule has 2 aromatic carbocycles. The molecule has 1 aliphatic rings. The van der Waals surface area contributed by atoms with Gasteiger partial charge in [-0.25, -0.2) is 4.98 Å². The molecule has 0 spiro atoms. The maximum absolute atomic E-state index is 12.9. The van der Waals surface area contributed by atoms with E-state index >= 15 is 0 Å². The van der Waals surface area contributed by atoms with E-state index in [1.807, 2.05) is 79.2 Å². The highest BCUT2D eigenvalue weighted by atomic mass is 16.2. The third kappa shape index (κ3) is 2.14. The lowest BCUT2D eigenvalue weighted by Gasteiger charge is -2.29. The fourth-order valence-electron chi connectivity index (χ4n) is 3.07. The Kier molecular flexibility index (Phi) is 3.98. The van der Waals surface area contributed by atoms with Gasteiger partial charge in [0.2, 0.25) is 0 Å². The summed E-state index contributed by atoms with van der Waals surface area (Å²) in [6, 6.07) is 17.6. The molecule has 1 aromatic heterocycles. The second-order valence-electron chi connectivity index (χ2n) is 5.05. The Bertz CT molecular complexity index is 797. The third-order valence-corrected chi connectivity index (χ3v) is 3.98. The van der Waals surface area contributed by atoms with Gasteiger partial charge in [0.05, 0.1) is 6.33 Å². The summed E-state index contributed by atoms with van der Waals surface area (Å²) in [6.07, 6.45) is 5.21. The van der Waals surface area contributed by atoms with E-state index in [0.717, 1.165) is 16.8 Å². The van der Waals surface area contributed by atoms with Gasteiger partial charge in [0, 0.05) is 23.6 Å². The van der Waals surface area contributed by atoms with Crippen molar-refractivity contribution in [1.82, 2.24) is 9.55 Å². The van der Waals surface area contributed by atoms with E-state index in [9.17, 15) is 4.79 Å². The molecule has 0 bridgehead atoms. The van der Waals surface area contributed by atoms with Crippen molar-refractivity contribution in [3.05, 3.63) is 84.4 Å². The van der Waals surface area contributed by atoms with Crippen LogP contribution in [0, 0.1) is 0 Å². The van der Waals surface area contributed by atoms with Gasteiger partial charge in [0.15, 0.2) is 5.54 Å². The zero-order valence-electron chi connectivity index (χ0n) is 13.2. The summed E-state index contributed by atoms with van der Waals surface area (Å²) in [4.78, 5) is 17.0. The highest BCUT2D eigenvalue weighted by Gasteiger charge is 2.49. The zero-order valence-corrected chi connectivity index (χ0v) is 13.2. The number of amides is 1. The number of carbonyl (C=O) groups is 1. The van der Waals surface area contributed by atoms with Crippen molar-refractivity contribution < 1.29 is 4.79 Å². The quantitative estimate of drug-likeness (QED) is 0.785. The Hall–Kier alpha value is -2.88. The number of nitrogens with one attached hydrogen (secondary N) is 1. The van der Waals surface area contributed by atoms with Crippen molar-refractivity contribution in [2.45, 2.75) is 19.4 Å². The molecule has 1 unspecified atom stereocenters. The van der Waals surface area contributed by atoms with E-state index in [2.05, 4.69) is 10.3 Å². The number of carbonyl (C=O) groups excluding carboxylic acids is 1. The summed E-state index contributed by atoms with van der Waals surface area (Å²) >= 11 is 0. The van der Waals surface area contributed by atoms with E-state index < -0.39 is 5.54 Å². The molecule has 1 atom stereocenters. The third-order valence-electron chi connectivity index (χ3n) is 3.98. The molecule has 4 heteroatoms. The van der Waals surface area contributed by atoms with Gasteiger partial charge < -0.3 is 9.88 Å². The number of aromatic nitrogens is 2. The first kappa shape index (κ1) is 15.0. The van der Waals surface area contributed by atoms with Crippen LogP contribution in [-0.4, -0.2) is 15.5 Å². The number of hydrogen-bond donors (Lipinski definition) is 1. The molecule has 0 aliphatic carbocycles. The van der Waals surface area contributed by atoms with E-state index in [1.165, 1.54) is 0 Å². The molecule has 1 aliphatic heterocycles. The lowest BCUT2D eigenvalue weighted by atomic mass is 9.83. The Balaban J connectivity index is 0.000000753. The largest absolute Gasteiger partial charge is 0.323 e. The maximum atomic E-state index is 12.9. The lowest BCUT2D eigenvalue weighted by Crippen LogP contribution is -2.42. The minimum absolute atomic E-state index is 0.0621. The second kappa shape index (κ2) is 6.08. The molecular weight excluding hydrogens is 286 g/mol. The van der Waals surface area contributed by atoms with Crippen LogP contribution >= 0.6 is 0 Å². The number of nitrogens with zero attached hydrogens (tertiary/aromatic N) is 2. The molecule has 0 saturated heterocycles. The summed E-state index contributed by atoms with van der Waals surface area (Å²) in [5.41, 5.74) is 1.82. The van der Waals surface area contributed by atoms with Crippen LogP contribution in [0.1, 0.15) is 25.0 Å². The average Bonchev–Trinajstić information content (AvgIpc) is 3.23. The van der Waals surface area contributed by atoms with Crippen molar-refractivity contribution in [2.75, 3.05) is 5.32 Å². The van der Waals surface area contributed by atoms with E-state index in [-0.39, 0.29) is 5.91 Å². The molecule has 1 amide bonds. The second-order valence-corrected chi connectivity index (χ2v) is 5.05. The molecule has 2 heterocycles. The molecule has 0 radical (unpaired) electrons. The number of para-hydroxylation sites is 1. The van der Waals surface area contributed by atoms with Gasteiger partial charge in [0.1, 0.15) is 0 Å². The van der Waals surface area contributed by atoms with Crippen molar-refractivity contribution >= 4 is 11.6 Å². The maximum Gasteiger partial charge on any atom is 0.260 e. The topological polar surface area (TPSA) is 46.9 Å². The van der Waals surface area contributed by atoms with Crippen LogP contribution in [0.5, 0.6) is 0 Å². The van der Waals surface area contributed by atoms with Gasteiger partial charge in [-0.1, -0.05) is 62.4 Å². The van der Waals surface area contributed by atoms with Gasteiger partial charge in [-0.15, -0.1) is 0 Å². The summed E-state index contributed by atoms with van der Waals surface area (Å²) in [5.74, 6) is -0.0621. The van der Waals surface area contributed by atoms with Gasteiger partial charge in [-0.3, -0.25) is 4.79 Å². The van der Waals surface area contributed by atoms with Crippen LogP contribution in [-0.2, 0) is 10.3 Å². The number of imidazole rings is 1. The Labute approximate surface area is 135 Å². The highest BCUT2D eigenvalue weighted by Crippen LogP contribution is 2.43. The summed E-state index contributed by atoms with van der Waals surface area (Å²) < 4.78 is 1.86. The molecular formula is C19H19N3O. The first-order valence-electron chi connectivity index (χ1n) is 7.78. The van der Waals surface area contributed by atoms with Crippen LogP contribution in [0.3, 0.4) is 0 Å². The molecule has 116 valence electrons. The number of fused-ring (bicyclic) bond motifs is 1. The van der Waals surface area contributed by atoms with E-state index in [4.69, 9.17) is 0 Å². The normalized spacial score (nSPS) is 18.6. The smallest absolute Gasteiger partial charge is 0.260 e. The first-order chi connectivity index (χ1) is 11.3. The van der Waals surface area contributed by atoms with Crippen molar-refractivity contribution in [2.24, 2.45) is 0 Å². The molecule has 0 fully saturated rings. The number of hydrogen-bond acceptors (Lipinski definition) is 2. The van der Waals surface area contributed by atoms with Gasteiger partial charge >= 0.3 is 0 Å². The average molecular weight is 305 g/mol. The van der Waals surface area contributed by atoms with Crippen LogP contribution in [0.4, 0.5) is 5.69 Å². The fraction of sp³-hybridized carbons (Fsp3) is 0.158. The monoisotopic (exact) mass is 305 g/mol. The summed E-state index contributed by atoms with van der Waals surface area (Å²) in [5, 5.41) is 2.99. The predicted octanol–water partition coefficient (Wildman–Crippen LogP) is 3.65. The van der Waals surface area contributed by atoms with Gasteiger partial charge in [0.25, 0.3) is 5.91 Å². The van der Waals surface area contributed by atoms with Crippen molar-refractivity contribution in [3.63, 3.8) is 0 Å².